The quantitative estimate of drug-likeness (QED) is 0.194. The first kappa shape index (κ1) is 31.8. The topological polar surface area (TPSA) is 109 Å². The minimum absolute atomic E-state index is 0.0103. The van der Waals surface area contributed by atoms with E-state index < -0.39 is 0 Å². The van der Waals surface area contributed by atoms with Gasteiger partial charge in [-0.3, -0.25) is 14.4 Å². The summed E-state index contributed by atoms with van der Waals surface area (Å²) < 4.78 is 2.83. The van der Waals surface area contributed by atoms with Crippen molar-refractivity contribution in [1.82, 2.24) is 15.2 Å². The second kappa shape index (κ2) is 15.9. The van der Waals surface area contributed by atoms with Gasteiger partial charge in [-0.2, -0.15) is 0 Å². The monoisotopic (exact) mass is 593 g/mol. The fourth-order valence-corrected chi connectivity index (χ4v) is 6.77. The van der Waals surface area contributed by atoms with Crippen molar-refractivity contribution in [2.45, 2.75) is 90.6 Å². The Balaban J connectivity index is 1.29. The number of nitrogens with zero attached hydrogens (tertiary/aromatic N) is 2. The van der Waals surface area contributed by atoms with Crippen LogP contribution in [0.15, 0.2) is 41.8 Å². The molecule has 0 bridgehead atoms. The lowest BCUT2D eigenvalue weighted by atomic mass is 9.85. The summed E-state index contributed by atoms with van der Waals surface area (Å²) in [4.78, 5) is 41.4. The number of thiophene rings is 1. The van der Waals surface area contributed by atoms with Gasteiger partial charge in [0.25, 0.3) is 5.91 Å². The smallest absolute Gasteiger partial charge is 0.268 e. The molecule has 0 saturated heterocycles. The zero-order valence-corrected chi connectivity index (χ0v) is 26.0. The second-order valence-electron chi connectivity index (χ2n) is 11.5. The van der Waals surface area contributed by atoms with Crippen LogP contribution in [0.2, 0.25) is 0 Å². The van der Waals surface area contributed by atoms with Crippen molar-refractivity contribution in [3.05, 3.63) is 53.0 Å². The van der Waals surface area contributed by atoms with Gasteiger partial charge in [0.2, 0.25) is 11.8 Å². The molecule has 2 heterocycles. The Morgan fingerprint density at radius 1 is 1.00 bits per heavy atom. The molecule has 9 heteroatoms. The Morgan fingerprint density at radius 3 is 2.45 bits per heavy atom. The van der Waals surface area contributed by atoms with Crippen LogP contribution in [0.1, 0.15) is 87.2 Å². The molecule has 0 spiro atoms. The van der Waals surface area contributed by atoms with E-state index in [4.69, 9.17) is 5.73 Å². The van der Waals surface area contributed by atoms with Crippen molar-refractivity contribution in [3.8, 4) is 0 Å². The highest BCUT2D eigenvalue weighted by molar-refractivity contribution is 7.17. The van der Waals surface area contributed by atoms with Gasteiger partial charge in [-0.05, 0) is 94.1 Å². The van der Waals surface area contributed by atoms with Crippen LogP contribution in [-0.2, 0) is 16.1 Å². The summed E-state index contributed by atoms with van der Waals surface area (Å²) in [6.07, 6.45) is 9.93. The van der Waals surface area contributed by atoms with Crippen LogP contribution in [-0.4, -0.2) is 48.0 Å². The lowest BCUT2D eigenvalue weighted by molar-refractivity contribution is -0.126. The van der Waals surface area contributed by atoms with Crippen LogP contribution in [0.25, 0.3) is 10.2 Å². The first-order valence-corrected chi connectivity index (χ1v) is 16.5. The Bertz CT molecular complexity index is 1320. The van der Waals surface area contributed by atoms with Gasteiger partial charge in [0.15, 0.2) is 0 Å². The van der Waals surface area contributed by atoms with Gasteiger partial charge in [0.05, 0.1) is 10.2 Å². The first-order chi connectivity index (χ1) is 20.4. The maximum Gasteiger partial charge on any atom is 0.268 e. The highest BCUT2D eigenvalue weighted by Crippen LogP contribution is 2.28. The average Bonchev–Trinajstić information content (AvgIpc) is 3.58. The van der Waals surface area contributed by atoms with E-state index in [0.29, 0.717) is 12.2 Å². The molecular formula is C33H47N5O3S. The van der Waals surface area contributed by atoms with Crippen molar-refractivity contribution in [2.24, 2.45) is 11.7 Å². The van der Waals surface area contributed by atoms with Crippen LogP contribution in [0.5, 0.6) is 0 Å². The fourth-order valence-electron chi connectivity index (χ4n) is 5.95. The molecule has 8 nitrogen and oxygen atoms in total. The van der Waals surface area contributed by atoms with Crippen LogP contribution < -0.4 is 21.3 Å². The Kier molecular flexibility index (Phi) is 12.0. The number of aryl methyl sites for hydroxylation is 1. The number of rotatable bonds is 15. The van der Waals surface area contributed by atoms with Gasteiger partial charge in [0.1, 0.15) is 12.2 Å². The van der Waals surface area contributed by atoms with Gasteiger partial charge >= 0.3 is 0 Å². The number of likely N-dealkylation sites (N-methyl/N-ethyl adjacent to an activating group) is 1. The molecule has 1 aliphatic carbocycles. The highest BCUT2D eigenvalue weighted by atomic mass is 32.1. The molecule has 1 fully saturated rings. The summed E-state index contributed by atoms with van der Waals surface area (Å²) in [7, 11) is 0. The molecule has 4 N–H and O–H groups in total. The molecule has 1 saturated carbocycles. The van der Waals surface area contributed by atoms with Crippen LogP contribution in [0.4, 0.5) is 5.69 Å². The number of fused-ring (bicyclic) bond motifs is 1. The molecule has 4 rings (SSSR count). The zero-order chi connectivity index (χ0) is 29.9. The standard InChI is InChI=1S/C33H47N5O3S/c1-3-37(27-12-10-11-24(2)21-27)31(39)23-38-28-17-20-42-30(28)22-29(38)33(41)36-26-15-13-25(14-16-26)32(40)35-19-9-7-5-4-6-8-18-34/h10-12,17,20-22,25-26H,3-9,13-16,18-19,23,34H2,1-2H3,(H,35,40)(H,36,41). The SMILES string of the molecule is CCN(C(=O)Cn1c(C(=O)NC2CCC(C(=O)NCCCCCCCCN)CC2)cc2sccc21)c1cccc(C)c1. The van der Waals surface area contributed by atoms with Gasteiger partial charge in [0, 0.05) is 30.7 Å². The number of benzene rings is 1. The van der Waals surface area contributed by atoms with E-state index in [0.717, 1.165) is 79.5 Å². The third-order valence-electron chi connectivity index (χ3n) is 8.34. The molecule has 1 aromatic carbocycles. The number of carbonyl (C=O) groups excluding carboxylic acids is 3. The lowest BCUT2D eigenvalue weighted by Crippen LogP contribution is -2.42. The molecule has 0 unspecified atom stereocenters. The number of nitrogens with two attached hydrogens (primary N) is 1. The van der Waals surface area contributed by atoms with Crippen LogP contribution in [0, 0.1) is 12.8 Å². The summed E-state index contributed by atoms with van der Waals surface area (Å²) in [6.45, 7) is 6.11. The first-order valence-electron chi connectivity index (χ1n) is 15.6. The summed E-state index contributed by atoms with van der Waals surface area (Å²) in [5.41, 5.74) is 8.90. The molecule has 0 atom stereocenters. The van der Waals surface area contributed by atoms with Crippen molar-refractivity contribution in [1.29, 1.82) is 0 Å². The number of unbranched alkanes of at least 4 members (excludes halogenated alkanes) is 5. The molecule has 3 amide bonds. The number of amides is 3. The van der Waals surface area contributed by atoms with Crippen molar-refractivity contribution in [3.63, 3.8) is 0 Å². The minimum atomic E-state index is -0.163. The lowest BCUT2D eigenvalue weighted by Gasteiger charge is -2.28. The number of nitrogens with one attached hydrogen (secondary N) is 2. The number of anilines is 1. The molecule has 228 valence electrons. The van der Waals surface area contributed by atoms with Crippen molar-refractivity contribution < 1.29 is 14.4 Å². The van der Waals surface area contributed by atoms with E-state index in [9.17, 15) is 14.4 Å². The van der Waals surface area contributed by atoms with E-state index in [2.05, 4.69) is 10.6 Å². The van der Waals surface area contributed by atoms with Gasteiger partial charge in [-0.25, -0.2) is 0 Å². The number of carbonyl (C=O) groups is 3. The van der Waals surface area contributed by atoms with Gasteiger partial charge in [-0.15, -0.1) is 11.3 Å². The number of hydrogen-bond acceptors (Lipinski definition) is 5. The van der Waals surface area contributed by atoms with E-state index in [1.54, 1.807) is 16.2 Å². The summed E-state index contributed by atoms with van der Waals surface area (Å²) in [5, 5.41) is 8.31. The zero-order valence-electron chi connectivity index (χ0n) is 25.2. The predicted octanol–water partition coefficient (Wildman–Crippen LogP) is 5.77. The molecule has 0 aliphatic heterocycles. The molecule has 3 aromatic rings. The minimum Gasteiger partial charge on any atom is -0.356 e. The summed E-state index contributed by atoms with van der Waals surface area (Å²) >= 11 is 1.57. The Hall–Kier alpha value is -3.17. The maximum atomic E-state index is 13.5. The van der Waals surface area contributed by atoms with E-state index in [1.165, 1.54) is 19.3 Å². The molecule has 2 aromatic heterocycles. The van der Waals surface area contributed by atoms with E-state index in [-0.39, 0.29) is 36.2 Å². The third kappa shape index (κ3) is 8.44. The average molecular weight is 594 g/mol. The van der Waals surface area contributed by atoms with Crippen molar-refractivity contribution in [2.75, 3.05) is 24.5 Å². The van der Waals surface area contributed by atoms with Crippen LogP contribution in [0.3, 0.4) is 0 Å². The van der Waals surface area contributed by atoms with E-state index in [1.807, 2.05) is 60.2 Å². The molecule has 42 heavy (non-hydrogen) atoms. The predicted molar refractivity (Wildman–Crippen MR) is 172 cm³/mol. The third-order valence-corrected chi connectivity index (χ3v) is 9.20. The maximum absolute atomic E-state index is 13.5. The van der Waals surface area contributed by atoms with Crippen molar-refractivity contribution >= 4 is 45.0 Å². The Labute approximate surface area is 254 Å². The second-order valence-corrected chi connectivity index (χ2v) is 12.4. The van der Waals surface area contributed by atoms with Gasteiger partial charge in [-0.1, -0.05) is 37.8 Å². The normalized spacial score (nSPS) is 16.8. The van der Waals surface area contributed by atoms with E-state index >= 15 is 0 Å². The fraction of sp³-hybridized carbons (Fsp3) is 0.545. The Morgan fingerprint density at radius 2 is 1.74 bits per heavy atom. The number of hydrogen-bond donors (Lipinski definition) is 3. The molecular weight excluding hydrogens is 546 g/mol. The highest BCUT2D eigenvalue weighted by Gasteiger charge is 2.28. The van der Waals surface area contributed by atoms with Gasteiger partial charge < -0.3 is 25.8 Å². The molecule has 1 aliphatic rings. The van der Waals surface area contributed by atoms with Crippen LogP contribution >= 0.6 is 11.3 Å². The largest absolute Gasteiger partial charge is 0.356 e. The summed E-state index contributed by atoms with van der Waals surface area (Å²) in [6, 6.07) is 11.8. The number of aromatic nitrogens is 1. The molecule has 0 radical (unpaired) electrons. The summed E-state index contributed by atoms with van der Waals surface area (Å²) in [5.74, 6) is -0.0658.